The first-order valence-electron chi connectivity index (χ1n) is 8.53. The van der Waals surface area contributed by atoms with Gasteiger partial charge in [-0.05, 0) is 12.1 Å². The monoisotopic (exact) mass is 361 g/mol. The molecule has 1 aliphatic heterocycles. The maximum absolute atomic E-state index is 12.9. The highest BCUT2D eigenvalue weighted by molar-refractivity contribution is 5.93. The Bertz CT molecular complexity index is 1210. The van der Waals surface area contributed by atoms with Crippen LogP contribution in [0.15, 0.2) is 47.8 Å². The van der Waals surface area contributed by atoms with Crippen LogP contribution >= 0.6 is 0 Å². The van der Waals surface area contributed by atoms with Crippen LogP contribution in [-0.4, -0.2) is 46.9 Å². The van der Waals surface area contributed by atoms with Gasteiger partial charge in [-0.2, -0.15) is 5.10 Å². The summed E-state index contributed by atoms with van der Waals surface area (Å²) in [5, 5.41) is 6.69. The predicted octanol–water partition coefficient (Wildman–Crippen LogP) is 1.01. The molecule has 0 saturated carbocycles. The van der Waals surface area contributed by atoms with E-state index in [1.807, 2.05) is 0 Å². The normalized spacial score (nSPS) is 13.7. The van der Waals surface area contributed by atoms with Crippen molar-refractivity contribution in [1.82, 2.24) is 34.4 Å². The van der Waals surface area contributed by atoms with Crippen LogP contribution in [0.5, 0.6) is 0 Å². The number of carbonyl (C=O) groups is 1. The lowest BCUT2D eigenvalue weighted by Crippen LogP contribution is -2.39. The number of amides is 1. The Kier molecular flexibility index (Phi) is 3.39. The molecule has 4 aromatic rings. The molecular formula is C18H15N7O2. The van der Waals surface area contributed by atoms with E-state index >= 15 is 0 Å². The van der Waals surface area contributed by atoms with E-state index in [9.17, 15) is 9.59 Å². The summed E-state index contributed by atoms with van der Waals surface area (Å²) in [6, 6.07) is 5.26. The first-order valence-corrected chi connectivity index (χ1v) is 8.53. The van der Waals surface area contributed by atoms with Crippen molar-refractivity contribution in [3.8, 4) is 11.4 Å². The average molecular weight is 361 g/mol. The van der Waals surface area contributed by atoms with Crippen molar-refractivity contribution < 1.29 is 4.79 Å². The van der Waals surface area contributed by atoms with Gasteiger partial charge in [-0.15, -0.1) is 0 Å². The van der Waals surface area contributed by atoms with Crippen LogP contribution in [0.3, 0.4) is 0 Å². The first kappa shape index (κ1) is 15.5. The molecule has 2 N–H and O–H groups in total. The number of hydrogen-bond donors (Lipinski definition) is 2. The van der Waals surface area contributed by atoms with Crippen LogP contribution in [0.1, 0.15) is 21.7 Å². The maximum Gasteiger partial charge on any atom is 0.270 e. The molecule has 0 bridgehead atoms. The first-order chi connectivity index (χ1) is 13.2. The number of H-pyrrole nitrogens is 2. The van der Waals surface area contributed by atoms with Crippen molar-refractivity contribution in [2.75, 3.05) is 6.54 Å². The molecule has 9 nitrogen and oxygen atoms in total. The molecule has 0 unspecified atom stereocenters. The molecule has 0 aliphatic carbocycles. The van der Waals surface area contributed by atoms with E-state index < -0.39 is 0 Å². The van der Waals surface area contributed by atoms with Crippen LogP contribution in [0.25, 0.3) is 17.0 Å². The molecule has 0 aromatic carbocycles. The van der Waals surface area contributed by atoms with Gasteiger partial charge in [0.05, 0.1) is 29.7 Å². The number of nitrogens with one attached hydrogen (secondary N) is 2. The van der Waals surface area contributed by atoms with Gasteiger partial charge in [0.25, 0.3) is 11.5 Å². The zero-order valence-electron chi connectivity index (χ0n) is 14.2. The van der Waals surface area contributed by atoms with Crippen molar-refractivity contribution in [3.63, 3.8) is 0 Å². The van der Waals surface area contributed by atoms with Gasteiger partial charge < -0.3 is 9.88 Å². The summed E-state index contributed by atoms with van der Waals surface area (Å²) in [5.41, 5.74) is 2.89. The van der Waals surface area contributed by atoms with Gasteiger partial charge in [0.2, 0.25) is 0 Å². The van der Waals surface area contributed by atoms with Crippen LogP contribution in [0.2, 0.25) is 0 Å². The Morgan fingerprint density at radius 2 is 2.15 bits per heavy atom. The number of hydrogen-bond acceptors (Lipinski definition) is 5. The number of nitrogens with zero attached hydrogens (tertiary/aromatic N) is 5. The number of rotatable bonds is 2. The molecule has 9 heteroatoms. The van der Waals surface area contributed by atoms with E-state index in [0.29, 0.717) is 25.2 Å². The highest BCUT2D eigenvalue weighted by atomic mass is 16.2. The molecule has 4 aromatic heterocycles. The molecule has 0 radical (unpaired) electrons. The lowest BCUT2D eigenvalue weighted by Gasteiger charge is -2.25. The van der Waals surface area contributed by atoms with E-state index in [2.05, 4.69) is 25.1 Å². The molecule has 0 atom stereocenters. The number of aromatic nitrogens is 6. The van der Waals surface area contributed by atoms with Crippen molar-refractivity contribution in [1.29, 1.82) is 0 Å². The van der Waals surface area contributed by atoms with E-state index in [1.165, 1.54) is 10.6 Å². The highest BCUT2D eigenvalue weighted by Crippen LogP contribution is 2.22. The Morgan fingerprint density at radius 3 is 3.00 bits per heavy atom. The van der Waals surface area contributed by atoms with Gasteiger partial charge in [0, 0.05) is 31.6 Å². The molecule has 1 amide bonds. The molecule has 1 aliphatic rings. The average Bonchev–Trinajstić information content (AvgIpc) is 3.37. The van der Waals surface area contributed by atoms with Crippen molar-refractivity contribution in [2.45, 2.75) is 13.0 Å². The molecule has 5 rings (SSSR count). The van der Waals surface area contributed by atoms with Crippen molar-refractivity contribution >= 4 is 11.6 Å². The second-order valence-electron chi connectivity index (χ2n) is 6.38. The maximum atomic E-state index is 12.9. The van der Waals surface area contributed by atoms with E-state index in [-0.39, 0.29) is 17.0 Å². The van der Waals surface area contributed by atoms with Crippen LogP contribution in [0.4, 0.5) is 0 Å². The summed E-state index contributed by atoms with van der Waals surface area (Å²) in [7, 11) is 0. The van der Waals surface area contributed by atoms with E-state index in [4.69, 9.17) is 0 Å². The fraction of sp³-hybridized carbons (Fsp3) is 0.167. The zero-order chi connectivity index (χ0) is 18.4. The summed E-state index contributed by atoms with van der Waals surface area (Å²) < 4.78 is 1.38. The lowest BCUT2D eigenvalue weighted by molar-refractivity contribution is 0.0729. The molecule has 27 heavy (non-hydrogen) atoms. The summed E-state index contributed by atoms with van der Waals surface area (Å²) in [5.74, 6) is 0.395. The summed E-state index contributed by atoms with van der Waals surface area (Å²) in [6.45, 7) is 0.869. The third-order valence-electron chi connectivity index (χ3n) is 4.73. The topological polar surface area (TPSA) is 112 Å². The van der Waals surface area contributed by atoms with Gasteiger partial charge in [-0.1, -0.05) is 6.07 Å². The van der Waals surface area contributed by atoms with Crippen molar-refractivity contribution in [2.24, 2.45) is 0 Å². The third kappa shape index (κ3) is 2.51. The number of fused-ring (bicyclic) bond motifs is 2. The molecule has 134 valence electrons. The van der Waals surface area contributed by atoms with Gasteiger partial charge in [0.1, 0.15) is 17.0 Å². The van der Waals surface area contributed by atoms with Crippen molar-refractivity contribution in [3.05, 3.63) is 70.3 Å². The number of pyridine rings is 1. The van der Waals surface area contributed by atoms with Gasteiger partial charge in [0.15, 0.2) is 0 Å². The molecule has 0 spiro atoms. The molecule has 0 fully saturated rings. The molecular weight excluding hydrogens is 346 g/mol. The Labute approximate surface area is 152 Å². The van der Waals surface area contributed by atoms with E-state index in [1.54, 1.807) is 41.7 Å². The zero-order valence-corrected chi connectivity index (χ0v) is 14.2. The van der Waals surface area contributed by atoms with E-state index in [0.717, 1.165) is 22.8 Å². The highest BCUT2D eigenvalue weighted by Gasteiger charge is 2.27. The smallest absolute Gasteiger partial charge is 0.270 e. The van der Waals surface area contributed by atoms with Crippen LogP contribution in [0, 0.1) is 0 Å². The van der Waals surface area contributed by atoms with Crippen LogP contribution < -0.4 is 5.56 Å². The second-order valence-corrected chi connectivity index (χ2v) is 6.38. The molecule has 0 saturated heterocycles. The minimum Gasteiger partial charge on any atom is -0.340 e. The lowest BCUT2D eigenvalue weighted by atomic mass is 10.1. The fourth-order valence-corrected chi connectivity index (χ4v) is 3.33. The summed E-state index contributed by atoms with van der Waals surface area (Å²) >= 11 is 0. The predicted molar refractivity (Wildman–Crippen MR) is 96.1 cm³/mol. The Balaban J connectivity index is 1.46. The van der Waals surface area contributed by atoms with Gasteiger partial charge >= 0.3 is 0 Å². The Morgan fingerprint density at radius 1 is 1.22 bits per heavy atom. The summed E-state index contributed by atoms with van der Waals surface area (Å²) in [4.78, 5) is 39.3. The van der Waals surface area contributed by atoms with Gasteiger partial charge in [-0.3, -0.25) is 19.1 Å². The minimum atomic E-state index is -0.361. The fourth-order valence-electron chi connectivity index (χ4n) is 3.33. The number of imidazole rings is 1. The SMILES string of the molecule is O=C(c1cnc2ccccn2c1=O)N1CCc2nc(-c3cn[nH]c3)[nH]c2C1. The standard InChI is InChI=1S/C18H15N7O2/c26-17(12-9-19-15-3-1-2-5-25(15)18(12)27)24-6-4-13-14(10-24)23-16(22-13)11-7-20-21-8-11/h1-3,5,7-9H,4,6,10H2,(H,20,21)(H,22,23). The summed E-state index contributed by atoms with van der Waals surface area (Å²) in [6.07, 6.45) is 7.04. The van der Waals surface area contributed by atoms with Gasteiger partial charge in [-0.25, -0.2) is 9.97 Å². The van der Waals surface area contributed by atoms with Crippen LogP contribution in [-0.2, 0) is 13.0 Å². The Hall–Kier alpha value is -3.75. The largest absolute Gasteiger partial charge is 0.340 e. The minimum absolute atomic E-state index is 0.0664. The molecule has 5 heterocycles. The number of aromatic amines is 2. The number of carbonyl (C=O) groups excluding carboxylic acids is 1. The quantitative estimate of drug-likeness (QED) is 0.553. The third-order valence-corrected chi connectivity index (χ3v) is 4.73. The second kappa shape index (κ2) is 5.90.